The average Bonchev–Trinajstić information content (AvgIpc) is 2.43. The van der Waals surface area contributed by atoms with Crippen molar-refractivity contribution in [1.29, 1.82) is 0 Å². The predicted molar refractivity (Wildman–Crippen MR) is 83.0 cm³/mol. The zero-order valence-corrected chi connectivity index (χ0v) is 12.5. The summed E-state index contributed by atoms with van der Waals surface area (Å²) in [7, 11) is 3.66. The molecule has 0 aliphatic rings. The van der Waals surface area contributed by atoms with Gasteiger partial charge in [0.25, 0.3) is 5.91 Å². The van der Waals surface area contributed by atoms with Crippen molar-refractivity contribution < 1.29 is 4.79 Å². The van der Waals surface area contributed by atoms with E-state index in [1.54, 1.807) is 41.4 Å². The molecule has 0 bridgehead atoms. The van der Waals surface area contributed by atoms with Crippen LogP contribution in [0.1, 0.15) is 10.4 Å². The summed E-state index contributed by atoms with van der Waals surface area (Å²) in [6.45, 7) is 0. The molecule has 1 amide bonds. The Balaban J connectivity index is 2.26. The van der Waals surface area contributed by atoms with Crippen molar-refractivity contribution in [2.75, 3.05) is 24.3 Å². The molecule has 0 saturated heterocycles. The molecule has 1 aromatic heterocycles. The summed E-state index contributed by atoms with van der Waals surface area (Å²) in [6, 6.07) is 8.37. The number of nitrogens with zero attached hydrogens (tertiary/aromatic N) is 2. The molecule has 104 valence electrons. The van der Waals surface area contributed by atoms with E-state index in [9.17, 15) is 4.79 Å². The number of pyridine rings is 1. The Bertz CT molecular complexity index is 644. The van der Waals surface area contributed by atoms with Crippen LogP contribution in [0.2, 0.25) is 10.0 Å². The first-order valence-corrected chi connectivity index (χ1v) is 6.63. The fourth-order valence-electron chi connectivity index (χ4n) is 1.70. The summed E-state index contributed by atoms with van der Waals surface area (Å²) >= 11 is 11.8. The molecule has 2 rings (SSSR count). The number of hydrogen-bond acceptors (Lipinski definition) is 3. The second-order valence-electron chi connectivity index (χ2n) is 4.35. The maximum Gasteiger partial charge on any atom is 0.259 e. The molecule has 0 radical (unpaired) electrons. The summed E-state index contributed by atoms with van der Waals surface area (Å²) < 4.78 is 0. The zero-order valence-electron chi connectivity index (χ0n) is 11.0. The Morgan fingerprint density at radius 2 is 1.95 bits per heavy atom. The Labute approximate surface area is 127 Å². The third kappa shape index (κ3) is 3.21. The summed E-state index contributed by atoms with van der Waals surface area (Å²) in [5.41, 5.74) is 1.07. The van der Waals surface area contributed by atoms with Crippen LogP contribution in [0.5, 0.6) is 0 Å². The standard InChI is InChI=1S/C14H13Cl2N3O/c1-19(2)13-10(4-3-7-17-13)14(20)18-9-5-6-11(15)12(16)8-9/h3-8H,1-2H3,(H,18,20). The molecule has 1 aromatic carbocycles. The Kier molecular flexibility index (Phi) is 4.47. The van der Waals surface area contributed by atoms with Crippen molar-refractivity contribution in [2.45, 2.75) is 0 Å². The molecule has 1 N–H and O–H groups in total. The molecule has 0 unspecified atom stereocenters. The van der Waals surface area contributed by atoms with E-state index in [1.807, 2.05) is 14.1 Å². The number of benzene rings is 1. The number of halogens is 2. The number of rotatable bonds is 3. The lowest BCUT2D eigenvalue weighted by atomic mass is 10.2. The van der Waals surface area contributed by atoms with E-state index in [-0.39, 0.29) is 5.91 Å². The monoisotopic (exact) mass is 309 g/mol. The number of nitrogens with one attached hydrogen (secondary N) is 1. The first-order chi connectivity index (χ1) is 9.49. The molecule has 0 aliphatic carbocycles. The summed E-state index contributed by atoms with van der Waals surface area (Å²) in [4.78, 5) is 18.3. The van der Waals surface area contributed by atoms with Crippen LogP contribution in [0.25, 0.3) is 0 Å². The van der Waals surface area contributed by atoms with Crippen LogP contribution in [0, 0.1) is 0 Å². The molecular weight excluding hydrogens is 297 g/mol. The topological polar surface area (TPSA) is 45.2 Å². The van der Waals surface area contributed by atoms with Crippen molar-refractivity contribution in [1.82, 2.24) is 4.98 Å². The Morgan fingerprint density at radius 1 is 1.20 bits per heavy atom. The Morgan fingerprint density at radius 3 is 2.60 bits per heavy atom. The van der Waals surface area contributed by atoms with Crippen molar-refractivity contribution in [2.24, 2.45) is 0 Å². The number of aromatic nitrogens is 1. The Hall–Kier alpha value is -1.78. The third-order valence-corrected chi connectivity index (χ3v) is 3.37. The number of amides is 1. The van der Waals surface area contributed by atoms with Crippen LogP contribution in [-0.2, 0) is 0 Å². The number of carbonyl (C=O) groups is 1. The second kappa shape index (κ2) is 6.11. The van der Waals surface area contributed by atoms with Gasteiger partial charge in [0.1, 0.15) is 5.82 Å². The first-order valence-electron chi connectivity index (χ1n) is 5.88. The van der Waals surface area contributed by atoms with Crippen molar-refractivity contribution in [3.63, 3.8) is 0 Å². The van der Waals surface area contributed by atoms with Gasteiger partial charge in [-0.1, -0.05) is 23.2 Å². The lowest BCUT2D eigenvalue weighted by Gasteiger charge is -2.15. The minimum Gasteiger partial charge on any atom is -0.362 e. The van der Waals surface area contributed by atoms with Gasteiger partial charge in [0, 0.05) is 26.0 Å². The van der Waals surface area contributed by atoms with Gasteiger partial charge in [-0.15, -0.1) is 0 Å². The van der Waals surface area contributed by atoms with E-state index in [1.165, 1.54) is 0 Å². The third-order valence-electron chi connectivity index (χ3n) is 2.63. The van der Waals surface area contributed by atoms with Crippen LogP contribution < -0.4 is 10.2 Å². The van der Waals surface area contributed by atoms with Gasteiger partial charge in [0.15, 0.2) is 0 Å². The number of carbonyl (C=O) groups excluding carboxylic acids is 1. The van der Waals surface area contributed by atoms with Gasteiger partial charge < -0.3 is 10.2 Å². The highest BCUT2D eigenvalue weighted by molar-refractivity contribution is 6.42. The van der Waals surface area contributed by atoms with E-state index in [0.29, 0.717) is 27.1 Å². The maximum absolute atomic E-state index is 12.3. The van der Waals surface area contributed by atoms with Gasteiger partial charge in [-0.05, 0) is 30.3 Å². The molecule has 1 heterocycles. The van der Waals surface area contributed by atoms with Crippen LogP contribution in [0.4, 0.5) is 11.5 Å². The predicted octanol–water partition coefficient (Wildman–Crippen LogP) is 3.71. The van der Waals surface area contributed by atoms with E-state index < -0.39 is 0 Å². The fourth-order valence-corrected chi connectivity index (χ4v) is 2.00. The van der Waals surface area contributed by atoms with Crippen LogP contribution in [0.15, 0.2) is 36.5 Å². The molecule has 0 spiro atoms. The number of anilines is 2. The fraction of sp³-hybridized carbons (Fsp3) is 0.143. The molecule has 0 saturated carbocycles. The lowest BCUT2D eigenvalue weighted by molar-refractivity contribution is 0.102. The summed E-state index contributed by atoms with van der Waals surface area (Å²) in [5.74, 6) is 0.352. The minimum atomic E-state index is -0.250. The van der Waals surface area contributed by atoms with Gasteiger partial charge in [-0.2, -0.15) is 0 Å². The van der Waals surface area contributed by atoms with E-state index in [4.69, 9.17) is 23.2 Å². The first kappa shape index (κ1) is 14.6. The van der Waals surface area contributed by atoms with Gasteiger partial charge in [0.05, 0.1) is 15.6 Å². The number of hydrogen-bond donors (Lipinski definition) is 1. The van der Waals surface area contributed by atoms with Gasteiger partial charge in [-0.3, -0.25) is 4.79 Å². The molecule has 2 aromatic rings. The van der Waals surface area contributed by atoms with Gasteiger partial charge >= 0.3 is 0 Å². The minimum absolute atomic E-state index is 0.250. The molecule has 20 heavy (non-hydrogen) atoms. The maximum atomic E-state index is 12.3. The molecular formula is C14H13Cl2N3O. The van der Waals surface area contributed by atoms with Crippen molar-refractivity contribution in [3.05, 3.63) is 52.1 Å². The van der Waals surface area contributed by atoms with Crippen LogP contribution >= 0.6 is 23.2 Å². The van der Waals surface area contributed by atoms with E-state index in [0.717, 1.165) is 0 Å². The normalized spacial score (nSPS) is 10.2. The molecule has 0 atom stereocenters. The van der Waals surface area contributed by atoms with E-state index >= 15 is 0 Å². The quantitative estimate of drug-likeness (QED) is 0.940. The molecule has 0 fully saturated rings. The second-order valence-corrected chi connectivity index (χ2v) is 5.17. The van der Waals surface area contributed by atoms with Crippen LogP contribution in [0.3, 0.4) is 0 Å². The van der Waals surface area contributed by atoms with E-state index in [2.05, 4.69) is 10.3 Å². The summed E-state index contributed by atoms with van der Waals surface area (Å²) in [5, 5.41) is 3.61. The largest absolute Gasteiger partial charge is 0.362 e. The van der Waals surface area contributed by atoms with Crippen molar-refractivity contribution >= 4 is 40.6 Å². The molecule has 4 nitrogen and oxygen atoms in total. The lowest BCUT2D eigenvalue weighted by Crippen LogP contribution is -2.19. The highest BCUT2D eigenvalue weighted by Gasteiger charge is 2.14. The smallest absolute Gasteiger partial charge is 0.259 e. The SMILES string of the molecule is CN(C)c1ncccc1C(=O)Nc1ccc(Cl)c(Cl)c1. The highest BCUT2D eigenvalue weighted by Crippen LogP contribution is 2.25. The van der Waals surface area contributed by atoms with Crippen LogP contribution in [-0.4, -0.2) is 25.0 Å². The average molecular weight is 310 g/mol. The highest BCUT2D eigenvalue weighted by atomic mass is 35.5. The van der Waals surface area contributed by atoms with Gasteiger partial charge in [-0.25, -0.2) is 4.98 Å². The molecule has 0 aliphatic heterocycles. The zero-order chi connectivity index (χ0) is 14.7. The van der Waals surface area contributed by atoms with Gasteiger partial charge in [0.2, 0.25) is 0 Å². The van der Waals surface area contributed by atoms with Crippen molar-refractivity contribution in [3.8, 4) is 0 Å². The molecule has 6 heteroatoms. The summed E-state index contributed by atoms with van der Waals surface area (Å²) in [6.07, 6.45) is 1.64.